The number of nitrogens with one attached hydrogen (secondary N) is 2. The Labute approximate surface area is 184 Å². The maximum Gasteiger partial charge on any atom is 0.349 e. The Hall–Kier alpha value is -3.81. The molecule has 1 amide bonds. The van der Waals surface area contributed by atoms with Crippen LogP contribution in [0.1, 0.15) is 36.5 Å². The van der Waals surface area contributed by atoms with E-state index in [0.717, 1.165) is 18.4 Å². The third-order valence-electron chi connectivity index (χ3n) is 5.52. The van der Waals surface area contributed by atoms with E-state index >= 15 is 0 Å². The van der Waals surface area contributed by atoms with Gasteiger partial charge in [-0.05, 0) is 49.9 Å². The summed E-state index contributed by atoms with van der Waals surface area (Å²) in [6.07, 6.45) is 1.97. The van der Waals surface area contributed by atoms with Crippen molar-refractivity contribution < 1.29 is 4.79 Å². The van der Waals surface area contributed by atoms with Crippen molar-refractivity contribution in [2.24, 2.45) is 0 Å². The molecule has 2 N–H and O–H groups in total. The van der Waals surface area contributed by atoms with Gasteiger partial charge in [0.2, 0.25) is 5.91 Å². The number of hydrogen-bond donors (Lipinski definition) is 2. The van der Waals surface area contributed by atoms with Crippen LogP contribution in [-0.2, 0) is 17.8 Å². The Morgan fingerprint density at radius 1 is 1.09 bits per heavy atom. The second kappa shape index (κ2) is 8.74. The molecule has 2 heterocycles. The van der Waals surface area contributed by atoms with Gasteiger partial charge in [0.1, 0.15) is 0 Å². The summed E-state index contributed by atoms with van der Waals surface area (Å²) in [6.45, 7) is 6.25. The number of H-pyrrole nitrogens is 1. The van der Waals surface area contributed by atoms with E-state index in [1.54, 1.807) is 6.92 Å². The monoisotopic (exact) mass is 431 g/mol. The maximum absolute atomic E-state index is 12.4. The normalized spacial score (nSPS) is 11.2. The molecule has 2 aromatic carbocycles. The molecule has 0 fully saturated rings. The summed E-state index contributed by atoms with van der Waals surface area (Å²) in [4.78, 5) is 47.1. The molecule has 0 bridgehead atoms. The zero-order chi connectivity index (χ0) is 22.8. The number of aromatic amines is 1. The fourth-order valence-corrected chi connectivity index (χ4v) is 3.74. The van der Waals surface area contributed by atoms with Gasteiger partial charge in [0.25, 0.3) is 5.56 Å². The van der Waals surface area contributed by atoms with Gasteiger partial charge in [0, 0.05) is 18.7 Å². The van der Waals surface area contributed by atoms with Gasteiger partial charge in [-0.15, -0.1) is 0 Å². The third-order valence-corrected chi connectivity index (χ3v) is 5.52. The Morgan fingerprint density at radius 2 is 1.84 bits per heavy atom. The molecular formula is C24H25N5O3. The van der Waals surface area contributed by atoms with Crippen LogP contribution in [0.15, 0.2) is 46.0 Å². The van der Waals surface area contributed by atoms with Crippen molar-refractivity contribution >= 4 is 22.6 Å². The molecule has 2 aliphatic heterocycles. The fourth-order valence-electron chi connectivity index (χ4n) is 3.74. The Kier molecular flexibility index (Phi) is 5.85. The number of aromatic nitrogens is 4. The van der Waals surface area contributed by atoms with Crippen LogP contribution >= 0.6 is 0 Å². The van der Waals surface area contributed by atoms with E-state index in [1.165, 1.54) is 11.1 Å². The number of nitrogens with zero attached hydrogens (tertiary/aromatic N) is 3. The summed E-state index contributed by atoms with van der Waals surface area (Å²) >= 11 is 0. The van der Waals surface area contributed by atoms with Gasteiger partial charge in [-0.2, -0.15) is 4.98 Å². The molecule has 0 aromatic heterocycles. The van der Waals surface area contributed by atoms with E-state index in [4.69, 9.17) is 0 Å². The molecule has 0 saturated carbocycles. The molecule has 8 heteroatoms. The largest absolute Gasteiger partial charge is 0.349 e. The molecule has 0 unspecified atom stereocenters. The van der Waals surface area contributed by atoms with Gasteiger partial charge < -0.3 is 9.88 Å². The highest BCUT2D eigenvalue weighted by molar-refractivity contribution is 5.94. The molecule has 8 nitrogen and oxygen atoms in total. The van der Waals surface area contributed by atoms with Crippen LogP contribution in [0.3, 0.4) is 0 Å². The molecule has 2 aliphatic rings. The van der Waals surface area contributed by atoms with E-state index in [1.807, 2.05) is 23.6 Å². The molecule has 4 rings (SSSR count). The van der Waals surface area contributed by atoms with Crippen molar-refractivity contribution in [1.29, 1.82) is 0 Å². The molecule has 164 valence electrons. The number of rotatable bonds is 6. The molecule has 0 aliphatic carbocycles. The number of aryl methyl sites for hydroxylation is 4. The van der Waals surface area contributed by atoms with E-state index < -0.39 is 11.2 Å². The van der Waals surface area contributed by atoms with Crippen LogP contribution in [-0.4, -0.2) is 25.4 Å². The first-order valence-electron chi connectivity index (χ1n) is 10.7. The van der Waals surface area contributed by atoms with Crippen LogP contribution in [0.5, 0.6) is 0 Å². The predicted octanol–water partition coefficient (Wildman–Crippen LogP) is 3.18. The van der Waals surface area contributed by atoms with E-state index in [2.05, 4.69) is 51.5 Å². The van der Waals surface area contributed by atoms with Gasteiger partial charge in [-0.25, -0.2) is 9.78 Å². The molecule has 0 saturated heterocycles. The number of amides is 1. The first-order valence-corrected chi connectivity index (χ1v) is 10.7. The Balaban J connectivity index is 1.82. The zero-order valence-electron chi connectivity index (χ0n) is 18.4. The number of hydrogen-bond acceptors (Lipinski definition) is 5. The highest BCUT2D eigenvalue weighted by atomic mass is 16.2. The van der Waals surface area contributed by atoms with Crippen molar-refractivity contribution in [3.8, 4) is 11.5 Å². The quantitative estimate of drug-likeness (QED) is 0.456. The first kappa shape index (κ1) is 21.4. The van der Waals surface area contributed by atoms with Crippen molar-refractivity contribution in [2.75, 3.05) is 5.32 Å². The molecule has 0 atom stereocenters. The van der Waals surface area contributed by atoms with Gasteiger partial charge in [0.15, 0.2) is 11.5 Å². The summed E-state index contributed by atoms with van der Waals surface area (Å²) in [5.41, 5.74) is 4.09. The lowest BCUT2D eigenvalue weighted by Crippen LogP contribution is -2.29. The zero-order valence-corrected chi connectivity index (χ0v) is 18.4. The highest BCUT2D eigenvalue weighted by Gasteiger charge is 2.19. The number of carbonyl (C=O) groups is 1. The number of carbonyl (C=O) groups excluding carboxylic acids is 1. The number of fused-ring (bicyclic) bond motifs is 2. The fraction of sp³-hybridized carbons (Fsp3) is 0.292. The Bertz CT molecular complexity index is 1390. The van der Waals surface area contributed by atoms with E-state index in [9.17, 15) is 14.4 Å². The lowest BCUT2D eigenvalue weighted by Gasteiger charge is -2.18. The lowest BCUT2D eigenvalue weighted by molar-refractivity contribution is -0.115. The minimum atomic E-state index is -0.706. The van der Waals surface area contributed by atoms with Gasteiger partial charge in [-0.3, -0.25) is 14.6 Å². The maximum atomic E-state index is 12.4. The molecule has 0 radical (unpaired) electrons. The van der Waals surface area contributed by atoms with Crippen molar-refractivity contribution in [2.45, 2.75) is 46.6 Å². The van der Waals surface area contributed by atoms with Crippen molar-refractivity contribution in [1.82, 2.24) is 19.5 Å². The average Bonchev–Trinajstić information content (AvgIpc) is 2.76. The first-order chi connectivity index (χ1) is 15.4. The van der Waals surface area contributed by atoms with E-state index in [0.29, 0.717) is 29.7 Å². The summed E-state index contributed by atoms with van der Waals surface area (Å²) < 4.78 is 1.85. The smallest absolute Gasteiger partial charge is 0.326 e. The topological polar surface area (TPSA) is 110 Å². The molecule has 0 spiro atoms. The summed E-state index contributed by atoms with van der Waals surface area (Å²) in [5, 5.41) is 2.91. The lowest BCUT2D eigenvalue weighted by atomic mass is 10.1. The summed E-state index contributed by atoms with van der Waals surface area (Å²) in [6, 6.07) is 12.0. The summed E-state index contributed by atoms with van der Waals surface area (Å²) in [5.74, 6) is 0.148. The van der Waals surface area contributed by atoms with E-state index in [-0.39, 0.29) is 17.4 Å². The minimum Gasteiger partial charge on any atom is -0.326 e. The number of anilines is 1. The third kappa shape index (κ3) is 4.30. The average molecular weight is 431 g/mol. The van der Waals surface area contributed by atoms with Crippen molar-refractivity contribution in [3.05, 3.63) is 73.9 Å². The molecule has 32 heavy (non-hydrogen) atoms. The second-order valence-electron chi connectivity index (χ2n) is 7.95. The standard InChI is InChI=1S/C24H25N5O3/c1-4-20(30)25-17-13-19-18(12-15(17)3)26-21-22(27-24(32)28-23(21)31)29(19)11-5-6-16-9-7-14(2)8-10-16/h7-10,12-13H,4-6,11H2,1-3H3,(H,25,30)(H,28,31,32). The SMILES string of the molecule is CCC(=O)Nc1cc2c(cc1C)nc1c(=O)[nH]c(=O)nc-1n2CCCc1ccc(C)cc1. The van der Waals surface area contributed by atoms with Crippen LogP contribution in [0.25, 0.3) is 22.6 Å². The van der Waals surface area contributed by atoms with Crippen LogP contribution in [0.2, 0.25) is 0 Å². The molecule has 2 aromatic rings. The van der Waals surface area contributed by atoms with Crippen LogP contribution < -0.4 is 16.6 Å². The number of benzene rings is 2. The van der Waals surface area contributed by atoms with Gasteiger partial charge >= 0.3 is 5.69 Å². The van der Waals surface area contributed by atoms with Gasteiger partial charge in [-0.1, -0.05) is 36.8 Å². The predicted molar refractivity (Wildman–Crippen MR) is 124 cm³/mol. The van der Waals surface area contributed by atoms with Crippen LogP contribution in [0.4, 0.5) is 5.69 Å². The van der Waals surface area contributed by atoms with Gasteiger partial charge in [0.05, 0.1) is 11.0 Å². The van der Waals surface area contributed by atoms with Crippen molar-refractivity contribution in [3.63, 3.8) is 0 Å². The van der Waals surface area contributed by atoms with Crippen LogP contribution in [0, 0.1) is 13.8 Å². The second-order valence-corrected chi connectivity index (χ2v) is 7.95. The highest BCUT2D eigenvalue weighted by Crippen LogP contribution is 2.27. The summed E-state index contributed by atoms with van der Waals surface area (Å²) in [7, 11) is 0. The Morgan fingerprint density at radius 3 is 2.56 bits per heavy atom. The minimum absolute atomic E-state index is 0.0940. The molecular weight excluding hydrogens is 406 g/mol.